The topological polar surface area (TPSA) is 70.0 Å². The summed E-state index contributed by atoms with van der Waals surface area (Å²) in [5.74, 6) is -1.02. The predicted molar refractivity (Wildman–Crippen MR) is 84.3 cm³/mol. The summed E-state index contributed by atoms with van der Waals surface area (Å²) >= 11 is 1.35. The van der Waals surface area contributed by atoms with Crippen molar-refractivity contribution in [3.8, 4) is 0 Å². The molecule has 1 aliphatic rings. The number of thioether (sulfide) groups is 1. The van der Waals surface area contributed by atoms with E-state index in [4.69, 9.17) is 5.11 Å². The standard InChI is InChI=1S/C15H16N2O3S/c1-3-16-15-17(4-2)13(18)12(21-15)9-10-5-7-11(8-6-10)14(19)20/h5-9H,3-4H2,1-2H3,(H,19,20)/b12-9+,16-15?. The monoisotopic (exact) mass is 304 g/mol. The van der Waals surface area contributed by atoms with Gasteiger partial charge in [0.2, 0.25) is 0 Å². The third-order valence-electron chi connectivity index (χ3n) is 2.95. The van der Waals surface area contributed by atoms with Gasteiger partial charge in [-0.2, -0.15) is 0 Å². The number of hydrogen-bond acceptors (Lipinski definition) is 4. The van der Waals surface area contributed by atoms with Crippen LogP contribution in [0.1, 0.15) is 29.8 Å². The molecule has 110 valence electrons. The summed E-state index contributed by atoms with van der Waals surface area (Å²) in [5.41, 5.74) is 1.02. The zero-order valence-electron chi connectivity index (χ0n) is 11.9. The lowest BCUT2D eigenvalue weighted by Gasteiger charge is -2.11. The molecule has 0 radical (unpaired) electrons. The van der Waals surface area contributed by atoms with Gasteiger partial charge in [-0.05, 0) is 49.4 Å². The Morgan fingerprint density at radius 3 is 2.52 bits per heavy atom. The van der Waals surface area contributed by atoms with E-state index in [1.54, 1.807) is 23.1 Å². The van der Waals surface area contributed by atoms with Crippen LogP contribution in [0.3, 0.4) is 0 Å². The van der Waals surface area contributed by atoms with E-state index < -0.39 is 5.97 Å². The highest BCUT2D eigenvalue weighted by Gasteiger charge is 2.31. The first kappa shape index (κ1) is 15.3. The van der Waals surface area contributed by atoms with E-state index in [-0.39, 0.29) is 11.5 Å². The lowest BCUT2D eigenvalue weighted by atomic mass is 10.1. The predicted octanol–water partition coefficient (Wildman–Crippen LogP) is 2.70. The molecule has 0 aromatic heterocycles. The van der Waals surface area contributed by atoms with Crippen LogP contribution in [-0.4, -0.2) is 40.1 Å². The minimum absolute atomic E-state index is 0.0583. The first-order valence-corrected chi connectivity index (χ1v) is 7.47. The molecular formula is C15H16N2O3S. The van der Waals surface area contributed by atoms with Crippen LogP contribution in [0.15, 0.2) is 34.2 Å². The first-order chi connectivity index (χ1) is 10.1. The molecule has 2 rings (SSSR count). The fourth-order valence-corrected chi connectivity index (χ4v) is 3.02. The quantitative estimate of drug-likeness (QED) is 0.868. The number of amides is 1. The molecular weight excluding hydrogens is 288 g/mol. The Morgan fingerprint density at radius 2 is 2.00 bits per heavy atom. The van der Waals surface area contributed by atoms with Gasteiger partial charge in [0.1, 0.15) is 0 Å². The number of carbonyl (C=O) groups excluding carboxylic acids is 1. The van der Waals surface area contributed by atoms with E-state index in [0.29, 0.717) is 18.0 Å². The van der Waals surface area contributed by atoms with Crippen molar-refractivity contribution in [2.45, 2.75) is 13.8 Å². The molecule has 1 N–H and O–H groups in total. The van der Waals surface area contributed by atoms with Gasteiger partial charge in [-0.15, -0.1) is 0 Å². The second kappa shape index (κ2) is 6.58. The van der Waals surface area contributed by atoms with E-state index in [1.807, 2.05) is 13.8 Å². The second-order valence-electron chi connectivity index (χ2n) is 4.34. The summed E-state index contributed by atoms with van der Waals surface area (Å²) in [6, 6.07) is 6.43. The van der Waals surface area contributed by atoms with Crippen molar-refractivity contribution >= 4 is 34.9 Å². The molecule has 1 heterocycles. The van der Waals surface area contributed by atoms with E-state index in [2.05, 4.69) is 4.99 Å². The lowest BCUT2D eigenvalue weighted by molar-refractivity contribution is -0.122. The molecule has 0 aliphatic carbocycles. The van der Waals surface area contributed by atoms with Gasteiger partial charge in [0.05, 0.1) is 10.5 Å². The number of rotatable bonds is 4. The van der Waals surface area contributed by atoms with Crippen LogP contribution in [0.2, 0.25) is 0 Å². The third-order valence-corrected chi connectivity index (χ3v) is 4.00. The molecule has 0 spiro atoms. The number of carbonyl (C=O) groups is 2. The highest BCUT2D eigenvalue weighted by atomic mass is 32.2. The normalized spacial score (nSPS) is 18.8. The highest BCUT2D eigenvalue weighted by molar-refractivity contribution is 8.18. The minimum atomic E-state index is -0.963. The smallest absolute Gasteiger partial charge is 0.335 e. The number of hydrogen-bond donors (Lipinski definition) is 1. The van der Waals surface area contributed by atoms with Crippen LogP contribution < -0.4 is 0 Å². The van der Waals surface area contributed by atoms with E-state index in [1.165, 1.54) is 23.9 Å². The third kappa shape index (κ3) is 3.33. The van der Waals surface area contributed by atoms with Crippen LogP contribution in [0.4, 0.5) is 0 Å². The molecule has 0 saturated carbocycles. The van der Waals surface area contributed by atoms with Crippen LogP contribution in [-0.2, 0) is 4.79 Å². The van der Waals surface area contributed by atoms with Crippen molar-refractivity contribution < 1.29 is 14.7 Å². The summed E-state index contributed by atoms with van der Waals surface area (Å²) in [7, 11) is 0. The molecule has 1 amide bonds. The zero-order chi connectivity index (χ0) is 15.4. The lowest BCUT2D eigenvalue weighted by Crippen LogP contribution is -2.28. The average molecular weight is 304 g/mol. The Kier molecular flexibility index (Phi) is 4.80. The molecule has 21 heavy (non-hydrogen) atoms. The van der Waals surface area contributed by atoms with Gasteiger partial charge in [-0.1, -0.05) is 12.1 Å². The number of aliphatic imine (C=N–C) groups is 1. The number of likely N-dealkylation sites (N-methyl/N-ethyl adjacent to an activating group) is 1. The highest BCUT2D eigenvalue weighted by Crippen LogP contribution is 2.32. The van der Waals surface area contributed by atoms with Gasteiger partial charge in [0.15, 0.2) is 5.17 Å². The SMILES string of the molecule is CCN=C1S/C(=C/c2ccc(C(=O)O)cc2)C(=O)N1CC. The number of amidine groups is 1. The fraction of sp³-hybridized carbons (Fsp3) is 0.267. The molecule has 6 heteroatoms. The molecule has 0 unspecified atom stereocenters. The largest absolute Gasteiger partial charge is 0.478 e. The van der Waals surface area contributed by atoms with Crippen molar-refractivity contribution in [3.05, 3.63) is 40.3 Å². The molecule has 5 nitrogen and oxygen atoms in total. The van der Waals surface area contributed by atoms with E-state index in [0.717, 1.165) is 10.7 Å². The van der Waals surface area contributed by atoms with Gasteiger partial charge in [-0.25, -0.2) is 4.79 Å². The van der Waals surface area contributed by atoms with Crippen molar-refractivity contribution in [1.82, 2.24) is 4.90 Å². The summed E-state index contributed by atoms with van der Waals surface area (Å²) in [5, 5.41) is 9.59. The number of nitrogens with zero attached hydrogens (tertiary/aromatic N) is 2. The number of carboxylic acid groups (broad SMARTS) is 1. The first-order valence-electron chi connectivity index (χ1n) is 6.66. The fourth-order valence-electron chi connectivity index (χ4n) is 1.91. The van der Waals surface area contributed by atoms with Gasteiger partial charge < -0.3 is 5.11 Å². The summed E-state index contributed by atoms with van der Waals surface area (Å²) < 4.78 is 0. The molecule has 1 aliphatic heterocycles. The Morgan fingerprint density at radius 1 is 1.33 bits per heavy atom. The molecule has 1 fully saturated rings. The zero-order valence-corrected chi connectivity index (χ0v) is 12.7. The molecule has 1 aromatic rings. The van der Waals surface area contributed by atoms with E-state index in [9.17, 15) is 9.59 Å². The molecule has 0 atom stereocenters. The van der Waals surface area contributed by atoms with Crippen LogP contribution >= 0.6 is 11.8 Å². The Hall–Kier alpha value is -2.08. The molecule has 1 aromatic carbocycles. The Labute approximate surface area is 127 Å². The second-order valence-corrected chi connectivity index (χ2v) is 5.35. The van der Waals surface area contributed by atoms with Gasteiger partial charge in [0, 0.05) is 13.1 Å². The van der Waals surface area contributed by atoms with Crippen LogP contribution in [0.5, 0.6) is 0 Å². The number of benzene rings is 1. The maximum Gasteiger partial charge on any atom is 0.335 e. The average Bonchev–Trinajstić information content (AvgIpc) is 2.75. The van der Waals surface area contributed by atoms with E-state index >= 15 is 0 Å². The van der Waals surface area contributed by atoms with Crippen LogP contribution in [0, 0.1) is 0 Å². The van der Waals surface area contributed by atoms with Crippen molar-refractivity contribution in [3.63, 3.8) is 0 Å². The maximum absolute atomic E-state index is 12.3. The number of aromatic carboxylic acids is 1. The van der Waals surface area contributed by atoms with Crippen molar-refractivity contribution in [2.24, 2.45) is 4.99 Å². The van der Waals surface area contributed by atoms with Crippen molar-refractivity contribution in [1.29, 1.82) is 0 Å². The number of carboxylic acids is 1. The van der Waals surface area contributed by atoms with Gasteiger partial charge >= 0.3 is 5.97 Å². The van der Waals surface area contributed by atoms with Crippen LogP contribution in [0.25, 0.3) is 6.08 Å². The van der Waals surface area contributed by atoms with Gasteiger partial charge in [-0.3, -0.25) is 14.7 Å². The van der Waals surface area contributed by atoms with Gasteiger partial charge in [0.25, 0.3) is 5.91 Å². The Bertz CT molecular complexity index is 620. The Balaban J connectivity index is 2.27. The summed E-state index contributed by atoms with van der Waals surface area (Å²) in [6.07, 6.45) is 1.76. The maximum atomic E-state index is 12.3. The summed E-state index contributed by atoms with van der Waals surface area (Å²) in [4.78, 5) is 29.6. The van der Waals surface area contributed by atoms with Crippen molar-refractivity contribution in [2.75, 3.05) is 13.1 Å². The molecule has 0 bridgehead atoms. The minimum Gasteiger partial charge on any atom is -0.478 e. The summed E-state index contributed by atoms with van der Waals surface area (Å²) in [6.45, 7) is 5.05. The molecule has 1 saturated heterocycles.